The molecule has 0 aliphatic heterocycles. The Balaban J connectivity index is 2.30. The molecule has 2 aromatic rings. The Hall–Kier alpha value is -1.62. The fourth-order valence-corrected chi connectivity index (χ4v) is 3.59. The van der Waals surface area contributed by atoms with Gasteiger partial charge < -0.3 is 9.47 Å². The van der Waals surface area contributed by atoms with Crippen molar-refractivity contribution >= 4 is 46.5 Å². The summed E-state index contributed by atoms with van der Waals surface area (Å²) in [7, 11) is 2.83. The van der Waals surface area contributed by atoms with E-state index in [4.69, 9.17) is 32.7 Å². The molecule has 0 spiro atoms. The molecule has 0 aliphatic carbocycles. The zero-order valence-electron chi connectivity index (χ0n) is 13.2. The third-order valence-corrected chi connectivity index (χ3v) is 4.94. The van der Waals surface area contributed by atoms with Crippen LogP contribution in [0.5, 0.6) is 0 Å². The van der Waals surface area contributed by atoms with E-state index in [1.807, 2.05) is 30.3 Å². The van der Waals surface area contributed by atoms with Crippen molar-refractivity contribution in [3.63, 3.8) is 0 Å². The first-order valence-electron chi connectivity index (χ1n) is 7.04. The molecule has 0 unspecified atom stereocenters. The van der Waals surface area contributed by atoms with Gasteiger partial charge in [0.05, 0.1) is 20.5 Å². The predicted molar refractivity (Wildman–Crippen MR) is 99.5 cm³/mol. The molecule has 0 fully saturated rings. The van der Waals surface area contributed by atoms with E-state index in [0.717, 1.165) is 16.0 Å². The molecule has 0 aliphatic rings. The SMILES string of the molecule is CO/C=C(/C(=O)OC)c1ccccc1SCc1cc(Cl)ccc1Cl. The van der Waals surface area contributed by atoms with Crippen molar-refractivity contribution in [3.05, 3.63) is 69.9 Å². The third kappa shape index (κ3) is 4.69. The maximum absolute atomic E-state index is 12.0. The average molecular weight is 383 g/mol. The number of methoxy groups -OCH3 is 2. The summed E-state index contributed by atoms with van der Waals surface area (Å²) in [4.78, 5) is 12.9. The minimum Gasteiger partial charge on any atom is -0.503 e. The number of hydrogen-bond acceptors (Lipinski definition) is 4. The monoisotopic (exact) mass is 382 g/mol. The summed E-state index contributed by atoms with van der Waals surface area (Å²) < 4.78 is 9.86. The molecule has 2 rings (SSSR count). The van der Waals surface area contributed by atoms with Crippen molar-refractivity contribution in [2.45, 2.75) is 10.6 Å². The number of carbonyl (C=O) groups is 1. The second kappa shape index (κ2) is 9.02. The van der Waals surface area contributed by atoms with Crippen LogP contribution >= 0.6 is 35.0 Å². The van der Waals surface area contributed by atoms with Crippen LogP contribution in [-0.2, 0) is 20.0 Å². The standard InChI is InChI=1S/C18H16Cl2O3S/c1-22-10-15(18(21)23-2)14-5-3-4-6-17(14)24-11-12-9-13(19)7-8-16(12)20/h3-10H,11H2,1-2H3/b15-10+. The quantitative estimate of drug-likeness (QED) is 0.288. The number of hydrogen-bond donors (Lipinski definition) is 0. The minimum absolute atomic E-state index is 0.361. The van der Waals surface area contributed by atoms with E-state index < -0.39 is 5.97 Å². The van der Waals surface area contributed by atoms with Crippen molar-refractivity contribution < 1.29 is 14.3 Å². The van der Waals surface area contributed by atoms with Crippen molar-refractivity contribution in [1.82, 2.24) is 0 Å². The predicted octanol–water partition coefficient (Wildman–Crippen LogP) is 5.45. The number of benzene rings is 2. The molecule has 0 saturated carbocycles. The average Bonchev–Trinajstić information content (AvgIpc) is 2.60. The lowest BCUT2D eigenvalue weighted by atomic mass is 10.1. The van der Waals surface area contributed by atoms with Gasteiger partial charge >= 0.3 is 5.97 Å². The molecule has 0 heterocycles. The molecule has 24 heavy (non-hydrogen) atoms. The zero-order valence-corrected chi connectivity index (χ0v) is 15.5. The van der Waals surface area contributed by atoms with Gasteiger partial charge in [0.2, 0.25) is 0 Å². The first-order chi connectivity index (χ1) is 11.6. The first-order valence-corrected chi connectivity index (χ1v) is 8.78. The van der Waals surface area contributed by atoms with Crippen molar-refractivity contribution in [1.29, 1.82) is 0 Å². The number of thioether (sulfide) groups is 1. The van der Waals surface area contributed by atoms with Crippen LogP contribution in [0.2, 0.25) is 10.0 Å². The highest BCUT2D eigenvalue weighted by molar-refractivity contribution is 7.98. The Morgan fingerprint density at radius 2 is 1.92 bits per heavy atom. The largest absolute Gasteiger partial charge is 0.503 e. The Kier molecular flexibility index (Phi) is 7.03. The van der Waals surface area contributed by atoms with Crippen LogP contribution < -0.4 is 0 Å². The van der Waals surface area contributed by atoms with Gasteiger partial charge in [0, 0.05) is 26.3 Å². The number of esters is 1. The van der Waals surface area contributed by atoms with Gasteiger partial charge in [-0.15, -0.1) is 11.8 Å². The molecule has 2 aromatic carbocycles. The second-order valence-electron chi connectivity index (χ2n) is 4.78. The highest BCUT2D eigenvalue weighted by atomic mass is 35.5. The van der Waals surface area contributed by atoms with Crippen LogP contribution in [0.15, 0.2) is 53.6 Å². The number of halogens is 2. The van der Waals surface area contributed by atoms with Crippen molar-refractivity contribution in [2.75, 3.05) is 14.2 Å². The smallest absolute Gasteiger partial charge is 0.341 e. The summed E-state index contributed by atoms with van der Waals surface area (Å²) >= 11 is 13.8. The van der Waals surface area contributed by atoms with Gasteiger partial charge in [-0.1, -0.05) is 41.4 Å². The summed E-state index contributed by atoms with van der Waals surface area (Å²) in [5.74, 6) is 0.170. The number of carbonyl (C=O) groups excluding carboxylic acids is 1. The van der Waals surface area contributed by atoms with Gasteiger partial charge in [-0.25, -0.2) is 4.79 Å². The molecule has 3 nitrogen and oxygen atoms in total. The summed E-state index contributed by atoms with van der Waals surface area (Å²) in [6.07, 6.45) is 1.39. The Morgan fingerprint density at radius 1 is 1.17 bits per heavy atom. The summed E-state index contributed by atoms with van der Waals surface area (Å²) in [6, 6.07) is 12.9. The molecule has 0 radical (unpaired) electrons. The highest BCUT2D eigenvalue weighted by Crippen LogP contribution is 2.33. The second-order valence-corrected chi connectivity index (χ2v) is 6.64. The summed E-state index contributed by atoms with van der Waals surface area (Å²) in [5, 5.41) is 1.29. The van der Waals surface area contributed by atoms with Crippen LogP contribution in [-0.4, -0.2) is 20.2 Å². The number of rotatable bonds is 6. The molecule has 0 amide bonds. The van der Waals surface area contributed by atoms with Crippen LogP contribution in [0.25, 0.3) is 5.57 Å². The fourth-order valence-electron chi connectivity index (χ4n) is 2.07. The molecule has 0 saturated heterocycles. The van der Waals surface area contributed by atoms with Gasteiger partial charge in [0.25, 0.3) is 0 Å². The molecule has 0 aromatic heterocycles. The van der Waals surface area contributed by atoms with Crippen molar-refractivity contribution in [3.8, 4) is 0 Å². The molecule has 126 valence electrons. The van der Waals surface area contributed by atoms with Gasteiger partial charge in [-0.3, -0.25) is 0 Å². The fraction of sp³-hybridized carbons (Fsp3) is 0.167. The molecular weight excluding hydrogens is 367 g/mol. The minimum atomic E-state index is -0.453. The van der Waals surface area contributed by atoms with Crippen LogP contribution in [0, 0.1) is 0 Å². The van der Waals surface area contributed by atoms with Gasteiger partial charge in [-0.05, 0) is 29.8 Å². The van der Waals surface area contributed by atoms with Crippen LogP contribution in [0.1, 0.15) is 11.1 Å². The molecule has 0 N–H and O–H groups in total. The molecule has 0 bridgehead atoms. The van der Waals surface area contributed by atoms with E-state index in [0.29, 0.717) is 21.4 Å². The Labute approximate surface area is 155 Å². The number of ether oxygens (including phenoxy) is 2. The molecule has 0 atom stereocenters. The Bertz CT molecular complexity index is 760. The van der Waals surface area contributed by atoms with E-state index in [-0.39, 0.29) is 0 Å². The molecular formula is C18H16Cl2O3S. The van der Waals surface area contributed by atoms with Gasteiger partial charge in [0.1, 0.15) is 5.57 Å². The maximum atomic E-state index is 12.0. The van der Waals surface area contributed by atoms with Crippen LogP contribution in [0.4, 0.5) is 0 Å². The van der Waals surface area contributed by atoms with E-state index >= 15 is 0 Å². The zero-order chi connectivity index (χ0) is 17.5. The summed E-state index contributed by atoms with van der Waals surface area (Å²) in [5.41, 5.74) is 2.04. The van der Waals surface area contributed by atoms with Gasteiger partial charge in [-0.2, -0.15) is 0 Å². The Morgan fingerprint density at radius 3 is 2.62 bits per heavy atom. The third-order valence-electron chi connectivity index (χ3n) is 3.21. The normalized spacial score (nSPS) is 11.2. The van der Waals surface area contributed by atoms with E-state index in [1.165, 1.54) is 20.5 Å². The first kappa shape index (κ1) is 18.7. The maximum Gasteiger partial charge on any atom is 0.341 e. The lowest BCUT2D eigenvalue weighted by Crippen LogP contribution is -2.05. The highest BCUT2D eigenvalue weighted by Gasteiger charge is 2.17. The van der Waals surface area contributed by atoms with E-state index in [2.05, 4.69) is 0 Å². The van der Waals surface area contributed by atoms with Crippen LogP contribution in [0.3, 0.4) is 0 Å². The molecule has 6 heteroatoms. The lowest BCUT2D eigenvalue weighted by Gasteiger charge is -2.12. The van der Waals surface area contributed by atoms with Gasteiger partial charge in [0.15, 0.2) is 0 Å². The lowest BCUT2D eigenvalue weighted by molar-refractivity contribution is -0.133. The van der Waals surface area contributed by atoms with Crippen molar-refractivity contribution in [2.24, 2.45) is 0 Å². The topological polar surface area (TPSA) is 35.5 Å². The van der Waals surface area contributed by atoms with E-state index in [1.54, 1.807) is 23.9 Å². The summed E-state index contributed by atoms with van der Waals surface area (Å²) in [6.45, 7) is 0. The van der Waals surface area contributed by atoms with E-state index in [9.17, 15) is 4.79 Å².